The SMILES string of the molecule is NCC(NC(=O)Cc1ccccc1F)c1ccccc1. The van der Waals surface area contributed by atoms with Gasteiger partial charge in [-0.2, -0.15) is 0 Å². The zero-order valence-electron chi connectivity index (χ0n) is 11.1. The van der Waals surface area contributed by atoms with Gasteiger partial charge < -0.3 is 11.1 Å². The van der Waals surface area contributed by atoms with Gasteiger partial charge in [-0.3, -0.25) is 4.79 Å². The Morgan fingerprint density at radius 1 is 1.10 bits per heavy atom. The van der Waals surface area contributed by atoms with Gasteiger partial charge in [0, 0.05) is 6.54 Å². The molecule has 2 aromatic carbocycles. The maximum atomic E-state index is 13.5. The van der Waals surface area contributed by atoms with Crippen LogP contribution in [-0.2, 0) is 11.2 Å². The van der Waals surface area contributed by atoms with E-state index in [1.807, 2.05) is 30.3 Å². The highest BCUT2D eigenvalue weighted by Gasteiger charge is 2.14. The Kier molecular flexibility index (Phi) is 4.85. The number of carbonyl (C=O) groups excluding carboxylic acids is 1. The smallest absolute Gasteiger partial charge is 0.225 e. The zero-order valence-corrected chi connectivity index (χ0v) is 11.1. The number of hydrogen-bond donors (Lipinski definition) is 2. The van der Waals surface area contributed by atoms with E-state index in [4.69, 9.17) is 5.73 Å². The van der Waals surface area contributed by atoms with Gasteiger partial charge in [0.05, 0.1) is 12.5 Å². The quantitative estimate of drug-likeness (QED) is 0.876. The molecule has 1 amide bonds. The highest BCUT2D eigenvalue weighted by molar-refractivity contribution is 5.79. The normalized spacial score (nSPS) is 11.9. The summed E-state index contributed by atoms with van der Waals surface area (Å²) in [5, 5.41) is 2.83. The average molecular weight is 272 g/mol. The molecule has 0 aliphatic carbocycles. The summed E-state index contributed by atoms with van der Waals surface area (Å²) in [7, 11) is 0. The molecule has 2 aromatic rings. The van der Waals surface area contributed by atoms with E-state index in [1.165, 1.54) is 6.07 Å². The molecule has 20 heavy (non-hydrogen) atoms. The first-order chi connectivity index (χ1) is 9.70. The number of hydrogen-bond acceptors (Lipinski definition) is 2. The van der Waals surface area contributed by atoms with E-state index in [-0.39, 0.29) is 24.2 Å². The standard InChI is InChI=1S/C16H17FN2O/c17-14-9-5-4-8-13(14)10-16(20)19-15(11-18)12-6-2-1-3-7-12/h1-9,15H,10-11,18H2,(H,19,20). The second-order valence-electron chi connectivity index (χ2n) is 4.53. The van der Waals surface area contributed by atoms with E-state index in [0.717, 1.165) is 5.56 Å². The molecule has 0 saturated heterocycles. The summed E-state index contributed by atoms with van der Waals surface area (Å²) >= 11 is 0. The van der Waals surface area contributed by atoms with Crippen molar-refractivity contribution in [2.75, 3.05) is 6.54 Å². The van der Waals surface area contributed by atoms with Gasteiger partial charge in [-0.15, -0.1) is 0 Å². The maximum absolute atomic E-state index is 13.5. The molecule has 1 unspecified atom stereocenters. The van der Waals surface area contributed by atoms with E-state index in [0.29, 0.717) is 12.1 Å². The van der Waals surface area contributed by atoms with Crippen LogP contribution in [0.15, 0.2) is 54.6 Å². The lowest BCUT2D eigenvalue weighted by atomic mass is 10.1. The number of rotatable bonds is 5. The summed E-state index contributed by atoms with van der Waals surface area (Å²) in [4.78, 5) is 12.0. The third-order valence-corrected chi connectivity index (χ3v) is 3.08. The molecule has 0 aliphatic heterocycles. The number of halogens is 1. The van der Waals surface area contributed by atoms with Crippen molar-refractivity contribution in [3.63, 3.8) is 0 Å². The zero-order chi connectivity index (χ0) is 14.4. The van der Waals surface area contributed by atoms with Crippen molar-refractivity contribution in [2.45, 2.75) is 12.5 Å². The second-order valence-corrected chi connectivity index (χ2v) is 4.53. The molecule has 104 valence electrons. The van der Waals surface area contributed by atoms with Crippen LogP contribution in [0, 0.1) is 5.82 Å². The Balaban J connectivity index is 2.02. The van der Waals surface area contributed by atoms with Gasteiger partial charge in [0.25, 0.3) is 0 Å². The Labute approximate surface area is 117 Å². The fraction of sp³-hybridized carbons (Fsp3) is 0.188. The van der Waals surface area contributed by atoms with E-state index >= 15 is 0 Å². The van der Waals surface area contributed by atoms with Crippen LogP contribution in [0.4, 0.5) is 4.39 Å². The van der Waals surface area contributed by atoms with Crippen LogP contribution in [-0.4, -0.2) is 12.5 Å². The molecule has 0 radical (unpaired) electrons. The Bertz CT molecular complexity index is 572. The predicted octanol–water partition coefficient (Wildman–Crippen LogP) is 2.18. The molecule has 0 saturated carbocycles. The van der Waals surface area contributed by atoms with Gasteiger partial charge in [0.15, 0.2) is 0 Å². The van der Waals surface area contributed by atoms with Gasteiger partial charge >= 0.3 is 0 Å². The molecule has 2 rings (SSSR count). The van der Waals surface area contributed by atoms with Crippen LogP contribution in [0.25, 0.3) is 0 Å². The predicted molar refractivity (Wildman–Crippen MR) is 76.5 cm³/mol. The molecular formula is C16H17FN2O. The van der Waals surface area contributed by atoms with E-state index < -0.39 is 0 Å². The topological polar surface area (TPSA) is 55.1 Å². The lowest BCUT2D eigenvalue weighted by Gasteiger charge is -2.17. The first kappa shape index (κ1) is 14.2. The lowest BCUT2D eigenvalue weighted by Crippen LogP contribution is -2.34. The molecule has 0 aromatic heterocycles. The monoisotopic (exact) mass is 272 g/mol. The summed E-state index contributed by atoms with van der Waals surface area (Å²) in [5.41, 5.74) is 7.01. The Hall–Kier alpha value is -2.20. The van der Waals surface area contributed by atoms with Gasteiger partial charge in [0.2, 0.25) is 5.91 Å². The van der Waals surface area contributed by atoms with Crippen LogP contribution in [0.1, 0.15) is 17.2 Å². The molecule has 4 heteroatoms. The first-order valence-electron chi connectivity index (χ1n) is 6.48. The van der Waals surface area contributed by atoms with E-state index in [1.54, 1.807) is 18.2 Å². The van der Waals surface area contributed by atoms with E-state index in [9.17, 15) is 9.18 Å². The van der Waals surface area contributed by atoms with Crippen molar-refractivity contribution in [2.24, 2.45) is 5.73 Å². The van der Waals surface area contributed by atoms with Gasteiger partial charge in [-0.05, 0) is 17.2 Å². The number of nitrogens with two attached hydrogens (primary N) is 1. The number of carbonyl (C=O) groups is 1. The fourth-order valence-corrected chi connectivity index (χ4v) is 2.02. The van der Waals surface area contributed by atoms with Crippen molar-refractivity contribution in [3.05, 3.63) is 71.5 Å². The van der Waals surface area contributed by atoms with Crippen LogP contribution in [0.3, 0.4) is 0 Å². The maximum Gasteiger partial charge on any atom is 0.225 e. The summed E-state index contributed by atoms with van der Waals surface area (Å²) in [6, 6.07) is 15.5. The third-order valence-electron chi connectivity index (χ3n) is 3.08. The lowest BCUT2D eigenvalue weighted by molar-refractivity contribution is -0.121. The Morgan fingerprint density at radius 2 is 1.75 bits per heavy atom. The van der Waals surface area contributed by atoms with Gasteiger partial charge in [-0.1, -0.05) is 48.5 Å². The second kappa shape index (κ2) is 6.82. The minimum Gasteiger partial charge on any atom is -0.348 e. The van der Waals surface area contributed by atoms with Crippen molar-refractivity contribution in [1.82, 2.24) is 5.32 Å². The third kappa shape index (κ3) is 3.65. The highest BCUT2D eigenvalue weighted by Crippen LogP contribution is 2.12. The van der Waals surface area contributed by atoms with Crippen molar-refractivity contribution in [1.29, 1.82) is 0 Å². The summed E-state index contributed by atoms with van der Waals surface area (Å²) in [5.74, 6) is -0.610. The van der Waals surface area contributed by atoms with Crippen molar-refractivity contribution >= 4 is 5.91 Å². The molecule has 0 fully saturated rings. The van der Waals surface area contributed by atoms with Gasteiger partial charge in [0.1, 0.15) is 5.82 Å². The summed E-state index contributed by atoms with van der Waals surface area (Å²) in [6.07, 6.45) is 0.00993. The van der Waals surface area contributed by atoms with Crippen LogP contribution in [0.2, 0.25) is 0 Å². The minimum atomic E-state index is -0.369. The molecular weight excluding hydrogens is 255 g/mol. The molecule has 0 aliphatic rings. The number of amides is 1. The van der Waals surface area contributed by atoms with Crippen LogP contribution in [0.5, 0.6) is 0 Å². The molecule has 3 nitrogen and oxygen atoms in total. The van der Waals surface area contributed by atoms with Gasteiger partial charge in [-0.25, -0.2) is 4.39 Å². The summed E-state index contributed by atoms with van der Waals surface area (Å²) in [6.45, 7) is 0.299. The molecule has 0 spiro atoms. The number of benzene rings is 2. The fourth-order valence-electron chi connectivity index (χ4n) is 2.02. The van der Waals surface area contributed by atoms with Crippen molar-refractivity contribution < 1.29 is 9.18 Å². The minimum absolute atomic E-state index is 0.00993. The van der Waals surface area contributed by atoms with Crippen molar-refractivity contribution in [3.8, 4) is 0 Å². The largest absolute Gasteiger partial charge is 0.348 e. The molecule has 0 heterocycles. The average Bonchev–Trinajstić information content (AvgIpc) is 2.48. The molecule has 1 atom stereocenters. The van der Waals surface area contributed by atoms with E-state index in [2.05, 4.69) is 5.32 Å². The first-order valence-corrected chi connectivity index (χ1v) is 6.48. The molecule has 3 N–H and O–H groups in total. The number of nitrogens with one attached hydrogen (secondary N) is 1. The summed E-state index contributed by atoms with van der Waals surface area (Å²) < 4.78 is 13.5. The molecule has 0 bridgehead atoms. The van der Waals surface area contributed by atoms with Crippen LogP contribution < -0.4 is 11.1 Å². The highest BCUT2D eigenvalue weighted by atomic mass is 19.1. The van der Waals surface area contributed by atoms with Crippen LogP contribution >= 0.6 is 0 Å². The Morgan fingerprint density at radius 3 is 2.40 bits per heavy atom.